The van der Waals surface area contributed by atoms with E-state index in [0.717, 1.165) is 12.1 Å². The van der Waals surface area contributed by atoms with E-state index in [1.165, 1.54) is 32.9 Å². The molecular formula is C26H28ClF2N4O4+. The third-order valence-corrected chi connectivity index (χ3v) is 5.31. The molecule has 2 aromatic carbocycles. The second-order valence-corrected chi connectivity index (χ2v) is 9.08. The molecule has 37 heavy (non-hydrogen) atoms. The number of hydrogen-bond acceptors (Lipinski definition) is 3. The van der Waals surface area contributed by atoms with Gasteiger partial charge in [0.15, 0.2) is 18.6 Å². The van der Waals surface area contributed by atoms with Crippen molar-refractivity contribution in [1.82, 2.24) is 9.80 Å². The van der Waals surface area contributed by atoms with Crippen molar-refractivity contribution in [3.8, 4) is 0 Å². The summed E-state index contributed by atoms with van der Waals surface area (Å²) in [5.74, 6) is -8.45. The Morgan fingerprint density at radius 2 is 1.97 bits per heavy atom. The third kappa shape index (κ3) is 5.02. The summed E-state index contributed by atoms with van der Waals surface area (Å²) in [6, 6.07) is -0.157. The lowest BCUT2D eigenvalue weighted by Gasteiger charge is -2.43. The smallest absolute Gasteiger partial charge is 0.407 e. The van der Waals surface area contributed by atoms with E-state index in [9.17, 15) is 33.8 Å². The minimum absolute atomic E-state index is 0.0663. The zero-order valence-electron chi connectivity index (χ0n) is 33.4. The van der Waals surface area contributed by atoms with Crippen molar-refractivity contribution in [2.75, 3.05) is 24.8 Å². The van der Waals surface area contributed by atoms with E-state index >= 15 is 0 Å². The molecule has 1 fully saturated rings. The fraction of sp³-hybridized carbons (Fsp3) is 0.385. The van der Waals surface area contributed by atoms with E-state index < -0.39 is 118 Å². The Morgan fingerprint density at radius 3 is 2.59 bits per heavy atom. The molecule has 4 rings (SSSR count). The first-order chi connectivity index (χ1) is 22.8. The van der Waals surface area contributed by atoms with Gasteiger partial charge in [0.05, 0.1) is 15.2 Å². The van der Waals surface area contributed by atoms with E-state index in [1.807, 2.05) is 0 Å². The van der Waals surface area contributed by atoms with E-state index in [1.54, 1.807) is 0 Å². The molecule has 1 saturated heterocycles. The molecule has 1 spiro atoms. The van der Waals surface area contributed by atoms with Crippen LogP contribution in [0.2, 0.25) is 6.43 Å². The van der Waals surface area contributed by atoms with Crippen LogP contribution < -0.4 is 5.31 Å². The van der Waals surface area contributed by atoms with Crippen LogP contribution in [-0.2, 0) is 9.59 Å². The van der Waals surface area contributed by atoms with Gasteiger partial charge in [0.2, 0.25) is 5.91 Å². The van der Waals surface area contributed by atoms with Gasteiger partial charge < -0.3 is 10.4 Å². The number of halogens is 3. The lowest BCUT2D eigenvalue weighted by atomic mass is 9.92. The van der Waals surface area contributed by atoms with Crippen LogP contribution in [0.4, 0.5) is 19.3 Å². The Kier molecular flexibility index (Phi) is 3.65. The molecule has 0 aromatic heterocycles. The molecule has 2 aromatic rings. The number of anilines is 1. The molecule has 196 valence electrons. The Labute approximate surface area is 237 Å². The normalized spacial score (nSPS) is 31.5. The first-order valence-corrected chi connectivity index (χ1v) is 10.8. The molecular weight excluding hydrogens is 506 g/mol. The summed E-state index contributed by atoms with van der Waals surface area (Å²) in [7, 11) is 0. The van der Waals surface area contributed by atoms with Gasteiger partial charge in [0.25, 0.3) is 11.4 Å². The van der Waals surface area contributed by atoms with E-state index in [4.69, 9.17) is 25.3 Å². The highest BCUT2D eigenvalue weighted by Crippen LogP contribution is 2.39. The van der Waals surface area contributed by atoms with E-state index in [0.29, 0.717) is 4.58 Å². The number of piperidine rings is 1. The first-order valence-electron chi connectivity index (χ1n) is 17.4. The zero-order chi connectivity index (χ0) is 39.6. The molecule has 2 aliphatic rings. The maximum absolute atomic E-state index is 14.8. The molecule has 2 heterocycles. The number of amides is 3. The Hall–Kier alpha value is -3.53. The maximum atomic E-state index is 14.8. The number of hydrogen-bond donors (Lipinski definition) is 2. The number of rotatable bonds is 4. The molecule has 8 nitrogen and oxygen atoms in total. The van der Waals surface area contributed by atoms with Crippen LogP contribution in [0.15, 0.2) is 42.4 Å². The van der Waals surface area contributed by atoms with Crippen LogP contribution in [0, 0.1) is 11.6 Å². The zero-order valence-corrected chi connectivity index (χ0v) is 20.2. The highest BCUT2D eigenvalue weighted by Gasteiger charge is 2.64. The highest BCUT2D eigenvalue weighted by atomic mass is 35.5. The van der Waals surface area contributed by atoms with Gasteiger partial charge in [-0.15, -0.1) is 0 Å². The Morgan fingerprint density at radius 1 is 1.30 bits per heavy atom. The molecule has 1 atom stereocenters. The van der Waals surface area contributed by atoms with Crippen molar-refractivity contribution in [2.45, 2.75) is 44.7 Å². The molecule has 3 amide bonds. The average molecular weight is 548 g/mol. The van der Waals surface area contributed by atoms with Gasteiger partial charge in [-0.3, -0.25) is 19.4 Å². The lowest BCUT2D eigenvalue weighted by molar-refractivity contribution is -0.680. The molecule has 0 saturated carbocycles. The number of nitrogens with one attached hydrogen (secondary N) is 1. The van der Waals surface area contributed by atoms with Crippen LogP contribution in [0.3, 0.4) is 0 Å². The van der Waals surface area contributed by atoms with E-state index in [2.05, 4.69) is 0 Å². The molecule has 2 N–H and O–H groups in total. The third-order valence-electron chi connectivity index (χ3n) is 5.06. The van der Waals surface area contributed by atoms with Crippen LogP contribution in [0.25, 0.3) is 0 Å². The topological polar surface area (TPSA) is 93.0 Å². The summed E-state index contributed by atoms with van der Waals surface area (Å²) in [6.45, 7) is -9.20. The van der Waals surface area contributed by atoms with Crippen LogP contribution >= 0.6 is 11.6 Å². The van der Waals surface area contributed by atoms with Crippen molar-refractivity contribution >= 4 is 40.9 Å². The van der Waals surface area contributed by atoms with Gasteiger partial charge in [0.1, 0.15) is 13.0 Å². The molecule has 0 bridgehead atoms. The fourth-order valence-corrected chi connectivity index (χ4v) is 3.88. The monoisotopic (exact) mass is 547 g/mol. The van der Waals surface area contributed by atoms with Gasteiger partial charge >= 0.3 is 12.0 Å². The van der Waals surface area contributed by atoms with Crippen molar-refractivity contribution in [2.24, 2.45) is 0 Å². The van der Waals surface area contributed by atoms with Crippen molar-refractivity contribution < 1.29 is 52.1 Å². The predicted molar refractivity (Wildman–Crippen MR) is 134 cm³/mol. The summed E-state index contributed by atoms with van der Waals surface area (Å²) in [5.41, 5.74) is -8.70. The number of carbonyl (C=O) groups is 3. The molecule has 11 heteroatoms. The Balaban J connectivity index is 2.26. The minimum atomic E-state index is -4.38. The summed E-state index contributed by atoms with van der Waals surface area (Å²) in [6.07, 6.45) is -11.1. The summed E-state index contributed by atoms with van der Waals surface area (Å²) in [4.78, 5) is 40.2. The second kappa shape index (κ2) is 9.74. The largest absolute Gasteiger partial charge is 0.465 e. The van der Waals surface area contributed by atoms with Crippen LogP contribution in [-0.4, -0.2) is 73.8 Å². The van der Waals surface area contributed by atoms with Gasteiger partial charge in [-0.05, 0) is 63.5 Å². The number of likely N-dealkylation sites (tertiary alicyclic amines) is 1. The van der Waals surface area contributed by atoms with Crippen LogP contribution in [0.1, 0.15) is 56.9 Å². The quantitative estimate of drug-likeness (QED) is 0.562. The molecule has 0 aliphatic carbocycles. The number of carboxylic acid groups (broad SMARTS) is 1. The average Bonchev–Trinajstić information content (AvgIpc) is 3.30. The Bertz CT molecular complexity index is 1880. The summed E-state index contributed by atoms with van der Waals surface area (Å²) >= 11 is 6.00. The van der Waals surface area contributed by atoms with Crippen molar-refractivity contribution in [1.29, 1.82) is 0 Å². The standard InChI is InChI=1S/C26H27ClF2N4O4/c1-25(2,3)33-22(16-5-7-17(27)8-6-16)23(35)32(26(33)11-4-12-31(15-26)24(36)37)14-21(34)30-18-9-10-19(28)20(29)13-18/h5-10,13H,4,11-12,14-15H2,1-3H3,(H-,30,34,36,37)/p+1/i4D2,9D,10D,11D2,12D2,13D,14D2,15D2/hD. The van der Waals surface area contributed by atoms with Crippen molar-refractivity contribution in [3.05, 3.63) is 64.6 Å². The predicted octanol–water partition coefficient (Wildman–Crippen LogP) is 4.17. The highest BCUT2D eigenvalue weighted by molar-refractivity contribution is 6.44. The first kappa shape index (κ1) is 13.9. The van der Waals surface area contributed by atoms with Gasteiger partial charge in [0, 0.05) is 37.8 Å². The number of benzene rings is 2. The summed E-state index contributed by atoms with van der Waals surface area (Å²) < 4.78 is 150. The fourth-order valence-electron chi connectivity index (χ4n) is 3.75. The molecule has 1 unspecified atom stereocenters. The SMILES string of the molecule is [2H]c1c([2H])c(N([2H])C(=O)C([2H])([2H])N2C(=O)C(c3ccc(Cl)cc3)=[N+](C(C)(C)C)C23C([2H])([2H])N(C(=O)O)C([2H])([2H])C([2H])([2H])C3([2H])[2H])c([2H])c(F)c1F. The maximum Gasteiger partial charge on any atom is 0.407 e. The molecule has 2 aliphatic heterocycles. The minimum Gasteiger partial charge on any atom is -0.465 e. The number of nitrogens with zero attached hydrogens (tertiary/aromatic N) is 3. The second-order valence-electron chi connectivity index (χ2n) is 8.65. The van der Waals surface area contributed by atoms with Crippen molar-refractivity contribution in [3.63, 3.8) is 0 Å². The summed E-state index contributed by atoms with van der Waals surface area (Å²) in [5, 5.41) is 9.52. The lowest BCUT2D eigenvalue weighted by Crippen LogP contribution is -2.66. The van der Waals surface area contributed by atoms with Gasteiger partial charge in [-0.1, -0.05) is 11.6 Å². The van der Waals surface area contributed by atoms with E-state index in [-0.39, 0.29) is 10.6 Å². The van der Waals surface area contributed by atoms with Gasteiger partial charge in [-0.2, -0.15) is 4.58 Å². The number of carbonyl (C=O) groups excluding carboxylic acids is 2. The van der Waals surface area contributed by atoms with Gasteiger partial charge in [-0.25, -0.2) is 13.6 Å². The molecule has 0 radical (unpaired) electrons. The van der Waals surface area contributed by atoms with Crippen LogP contribution in [0.5, 0.6) is 0 Å².